The molecule has 18 nitrogen and oxygen atoms in total. The molecule has 4 aromatic rings. The van der Waals surface area contributed by atoms with Crippen LogP contribution in [0, 0.1) is 5.92 Å². The molecule has 2 aliphatic heterocycles. The average Bonchev–Trinajstić information content (AvgIpc) is 3.71. The predicted octanol–water partition coefficient (Wildman–Crippen LogP) is 1.69. The van der Waals surface area contributed by atoms with E-state index in [0.717, 1.165) is 0 Å². The summed E-state index contributed by atoms with van der Waals surface area (Å²) in [5.41, 5.74) is 14.1. The predicted molar refractivity (Wildman–Crippen MR) is 143 cm³/mol. The molecule has 2 saturated heterocycles. The second-order valence-corrected chi connectivity index (χ2v) is 13.2. The van der Waals surface area contributed by atoms with E-state index in [4.69, 9.17) is 34.3 Å². The first-order valence-corrected chi connectivity index (χ1v) is 16.0. The third-order valence-corrected chi connectivity index (χ3v) is 9.78. The van der Waals surface area contributed by atoms with Crippen LogP contribution in [-0.4, -0.2) is 75.4 Å². The molecule has 3 fully saturated rings. The van der Waals surface area contributed by atoms with Gasteiger partial charge in [0.15, 0.2) is 17.1 Å². The maximum absolute atomic E-state index is 13.1. The number of anilines is 2. The largest absolute Gasteiger partial charge is 0.472 e. The summed E-state index contributed by atoms with van der Waals surface area (Å²) >= 11 is 0. The molecule has 6 heterocycles. The fourth-order valence-corrected chi connectivity index (χ4v) is 7.78. The Kier molecular flexibility index (Phi) is 6.80. The highest BCUT2D eigenvalue weighted by Gasteiger charge is 2.47. The highest BCUT2D eigenvalue weighted by Crippen LogP contribution is 2.55. The van der Waals surface area contributed by atoms with Crippen molar-refractivity contribution in [1.29, 1.82) is 0 Å². The van der Waals surface area contributed by atoms with Crippen LogP contribution in [0.4, 0.5) is 11.5 Å². The van der Waals surface area contributed by atoms with Crippen LogP contribution >= 0.6 is 15.6 Å². The zero-order valence-corrected chi connectivity index (χ0v) is 23.6. The maximum atomic E-state index is 13.1. The summed E-state index contributed by atoms with van der Waals surface area (Å²) in [5, 5.41) is 0. The molecule has 0 aromatic carbocycles. The summed E-state index contributed by atoms with van der Waals surface area (Å²) in [4.78, 5) is 42.4. The van der Waals surface area contributed by atoms with Gasteiger partial charge in [0.2, 0.25) is 0 Å². The van der Waals surface area contributed by atoms with E-state index in [1.807, 2.05) is 0 Å². The summed E-state index contributed by atoms with van der Waals surface area (Å²) in [7, 11) is -9.23. The minimum Gasteiger partial charge on any atom is -0.397 e. The number of fused-ring (bicyclic) bond motifs is 4. The Morgan fingerprint density at radius 3 is 2.36 bits per heavy atom. The summed E-state index contributed by atoms with van der Waals surface area (Å²) in [6.45, 7) is -0.768. The van der Waals surface area contributed by atoms with E-state index in [1.165, 1.54) is 18.9 Å². The number of imidazole rings is 2. The number of nitrogen functional groups attached to an aromatic ring is 2. The highest BCUT2D eigenvalue weighted by atomic mass is 31.2. The Morgan fingerprint density at radius 2 is 1.52 bits per heavy atom. The summed E-state index contributed by atoms with van der Waals surface area (Å²) in [6.07, 6.45) is 2.80. The van der Waals surface area contributed by atoms with Crippen molar-refractivity contribution in [1.82, 2.24) is 34.1 Å². The van der Waals surface area contributed by atoms with E-state index in [1.54, 1.807) is 21.5 Å². The number of aromatic nitrogens is 7. The molecule has 8 atom stereocenters. The third-order valence-electron chi connectivity index (χ3n) is 7.76. The second-order valence-electron chi connectivity index (χ2n) is 10.4. The van der Waals surface area contributed by atoms with Gasteiger partial charge in [0.05, 0.1) is 37.7 Å². The quantitative estimate of drug-likeness (QED) is 0.232. The Hall–Kier alpha value is -3.05. The van der Waals surface area contributed by atoms with Gasteiger partial charge in [-0.3, -0.25) is 22.7 Å². The normalized spacial score (nSPS) is 36.0. The van der Waals surface area contributed by atoms with Crippen LogP contribution in [0.2, 0.25) is 0 Å². The lowest BCUT2D eigenvalue weighted by Gasteiger charge is -2.27. The van der Waals surface area contributed by atoms with Crippen LogP contribution in [-0.2, 0) is 32.0 Å². The minimum absolute atomic E-state index is 0.0628. The van der Waals surface area contributed by atoms with Crippen LogP contribution in [0.1, 0.15) is 31.5 Å². The molecule has 224 valence electrons. The minimum atomic E-state index is -4.62. The van der Waals surface area contributed by atoms with Gasteiger partial charge in [-0.2, -0.15) is 0 Å². The van der Waals surface area contributed by atoms with Crippen molar-refractivity contribution < 1.29 is 41.7 Å². The number of ether oxygens (including phenoxy) is 1. The number of rotatable bonds is 2. The van der Waals surface area contributed by atoms with Gasteiger partial charge in [0.1, 0.15) is 35.8 Å². The Labute approximate surface area is 237 Å². The van der Waals surface area contributed by atoms with Crippen molar-refractivity contribution in [3.8, 4) is 0 Å². The molecule has 0 radical (unpaired) electrons. The van der Waals surface area contributed by atoms with Crippen molar-refractivity contribution in [3.05, 3.63) is 31.2 Å². The molecule has 3 aliphatic rings. The Morgan fingerprint density at radius 1 is 0.810 bits per heavy atom. The first kappa shape index (κ1) is 27.8. The molecule has 0 amide bonds. The number of hydrogen-bond donors (Lipinski definition) is 4. The maximum Gasteiger partial charge on any atom is 0.472 e. The van der Waals surface area contributed by atoms with Gasteiger partial charge >= 0.3 is 15.6 Å². The van der Waals surface area contributed by atoms with Crippen LogP contribution in [0.5, 0.6) is 0 Å². The van der Waals surface area contributed by atoms with E-state index in [2.05, 4.69) is 24.9 Å². The summed E-state index contributed by atoms with van der Waals surface area (Å²) < 4.78 is 57.4. The molecule has 0 bridgehead atoms. The number of nitrogens with two attached hydrogens (primary N) is 2. The van der Waals surface area contributed by atoms with Gasteiger partial charge < -0.3 is 30.6 Å². The van der Waals surface area contributed by atoms with Gasteiger partial charge in [0, 0.05) is 24.6 Å². The molecule has 1 saturated carbocycles. The molecule has 20 heteroatoms. The molecule has 1 aliphatic carbocycles. The van der Waals surface area contributed by atoms with Gasteiger partial charge in [-0.05, 0) is 18.9 Å². The van der Waals surface area contributed by atoms with Crippen LogP contribution < -0.4 is 11.5 Å². The van der Waals surface area contributed by atoms with E-state index < -0.39 is 52.7 Å². The number of phosphoric ester groups is 2. The second kappa shape index (κ2) is 10.3. The molecule has 2 unspecified atom stereocenters. The molecule has 7 rings (SSSR count). The van der Waals surface area contributed by atoms with Gasteiger partial charge in [-0.25, -0.2) is 34.0 Å². The smallest absolute Gasteiger partial charge is 0.397 e. The van der Waals surface area contributed by atoms with Crippen LogP contribution in [0.3, 0.4) is 0 Å². The van der Waals surface area contributed by atoms with Crippen molar-refractivity contribution in [2.24, 2.45) is 5.92 Å². The summed E-state index contributed by atoms with van der Waals surface area (Å²) in [5.74, 6) is -0.359. The Bertz CT molecular complexity index is 1620. The number of phosphoric acid groups is 2. The number of nitrogens with zero attached hydrogens (tertiary/aromatic N) is 7. The molecule has 0 spiro atoms. The zero-order chi connectivity index (χ0) is 29.2. The number of pyridine rings is 1. The third kappa shape index (κ3) is 5.08. The monoisotopic (exact) mass is 623 g/mol. The van der Waals surface area contributed by atoms with Crippen molar-refractivity contribution in [2.75, 3.05) is 24.7 Å². The average molecular weight is 623 g/mol. The molecule has 42 heavy (non-hydrogen) atoms. The molecule has 6 N–H and O–H groups in total. The van der Waals surface area contributed by atoms with Crippen molar-refractivity contribution >= 4 is 49.5 Å². The molecular formula is C22H27N9O9P2. The van der Waals surface area contributed by atoms with E-state index in [9.17, 15) is 18.9 Å². The lowest BCUT2D eigenvalue weighted by molar-refractivity contribution is -0.0510. The summed E-state index contributed by atoms with van der Waals surface area (Å²) in [6, 6.07) is 1.31. The van der Waals surface area contributed by atoms with Gasteiger partial charge in [-0.15, -0.1) is 0 Å². The first-order valence-electron chi connectivity index (χ1n) is 13.0. The fraction of sp³-hybridized carbons (Fsp3) is 0.500. The fourth-order valence-electron chi connectivity index (χ4n) is 5.78. The highest BCUT2D eigenvalue weighted by molar-refractivity contribution is 7.47. The van der Waals surface area contributed by atoms with Crippen LogP contribution in [0.15, 0.2) is 31.2 Å². The Balaban J connectivity index is 1.12. The lowest BCUT2D eigenvalue weighted by Crippen LogP contribution is -2.30. The number of hydrogen-bond acceptors (Lipinski definition) is 14. The van der Waals surface area contributed by atoms with Crippen molar-refractivity contribution in [2.45, 2.75) is 49.8 Å². The van der Waals surface area contributed by atoms with Crippen LogP contribution in [0.25, 0.3) is 22.3 Å². The van der Waals surface area contributed by atoms with E-state index in [0.29, 0.717) is 34.4 Å². The standard InChI is InChI=1S/C22H27N9O9P2/c23-13-1-2-25-21-18(13)28-10-31(21)17-5-15-16(38-17)7-37-42(34,35)39-14-4-12(3-11(14)6-36-41(32,33)40-15)30-9-29-19-20(24)26-8-27-22(19)30/h1-2,8-12,14-17H,3-7H2,(H2,23,25)(H,32,33)(H,34,35)(H2,24,26,27)/t11-,12-,14-,15-,16-,17-/m1/s1. The van der Waals surface area contributed by atoms with E-state index in [-0.39, 0.29) is 31.3 Å². The van der Waals surface area contributed by atoms with Crippen molar-refractivity contribution in [3.63, 3.8) is 0 Å². The first-order chi connectivity index (χ1) is 20.1. The molecule has 4 aromatic heterocycles. The van der Waals surface area contributed by atoms with E-state index >= 15 is 0 Å². The van der Waals surface area contributed by atoms with Gasteiger partial charge in [0.25, 0.3) is 0 Å². The zero-order valence-electron chi connectivity index (χ0n) is 21.8. The lowest BCUT2D eigenvalue weighted by atomic mass is 10.1. The molecular weight excluding hydrogens is 596 g/mol. The topological polar surface area (TPSA) is 247 Å². The SMILES string of the molecule is Nc1ncnc2c1ncn2[C@@H]1C[C@@H]2COP(=O)(O)O[C@@H]3C[C@H](n4cnc5c(N)ccnc54)O[C@@H]3COP(=O)(O)O[C@@H]2C1. The van der Waals surface area contributed by atoms with Gasteiger partial charge in [-0.1, -0.05) is 0 Å².